The van der Waals surface area contributed by atoms with Gasteiger partial charge in [-0.05, 0) is 49.6 Å². The third kappa shape index (κ3) is 3.46. The van der Waals surface area contributed by atoms with Crippen LogP contribution in [0.15, 0.2) is 47.0 Å². The van der Waals surface area contributed by atoms with Crippen molar-refractivity contribution in [2.75, 3.05) is 18.2 Å². The fourth-order valence-electron chi connectivity index (χ4n) is 4.03. The van der Waals surface area contributed by atoms with Gasteiger partial charge in [-0.25, -0.2) is 4.79 Å². The van der Waals surface area contributed by atoms with Gasteiger partial charge in [-0.1, -0.05) is 35.0 Å². The molecule has 0 bridgehead atoms. The summed E-state index contributed by atoms with van der Waals surface area (Å²) < 4.78 is 5.79. The van der Waals surface area contributed by atoms with Crippen LogP contribution in [0.25, 0.3) is 11.3 Å². The molecule has 1 saturated heterocycles. The van der Waals surface area contributed by atoms with Gasteiger partial charge in [0.1, 0.15) is 11.5 Å². The molecule has 7 heteroatoms. The van der Waals surface area contributed by atoms with E-state index in [4.69, 9.17) is 16.1 Å². The van der Waals surface area contributed by atoms with Crippen LogP contribution in [-0.2, 0) is 6.54 Å². The molecule has 1 saturated carbocycles. The Morgan fingerprint density at radius 3 is 2.70 bits per heavy atom. The Morgan fingerprint density at radius 2 is 2.00 bits per heavy atom. The number of nitrogens with zero attached hydrogens (tertiary/aromatic N) is 3. The number of carbonyl (C=O) groups is 1. The predicted molar refractivity (Wildman–Crippen MR) is 115 cm³/mol. The highest BCUT2D eigenvalue weighted by molar-refractivity contribution is 6.33. The first kappa shape index (κ1) is 19.2. The topological polar surface area (TPSA) is 69.8 Å². The minimum atomic E-state index is -0.910. The van der Waals surface area contributed by atoms with Gasteiger partial charge in [0, 0.05) is 29.3 Å². The average molecular weight is 424 g/mol. The van der Waals surface area contributed by atoms with Crippen molar-refractivity contribution < 1.29 is 14.4 Å². The van der Waals surface area contributed by atoms with Gasteiger partial charge in [0.15, 0.2) is 0 Å². The summed E-state index contributed by atoms with van der Waals surface area (Å²) >= 11 is 6.52. The lowest BCUT2D eigenvalue weighted by atomic mass is 9.99. The lowest BCUT2D eigenvalue weighted by Gasteiger charge is -2.44. The fraction of sp³-hybridized carbons (Fsp3) is 0.304. The van der Waals surface area contributed by atoms with Crippen molar-refractivity contribution in [3.63, 3.8) is 0 Å². The average Bonchev–Trinajstić information content (AvgIpc) is 3.46. The van der Waals surface area contributed by atoms with E-state index in [0.29, 0.717) is 16.5 Å². The van der Waals surface area contributed by atoms with Gasteiger partial charge < -0.3 is 14.5 Å². The van der Waals surface area contributed by atoms with Gasteiger partial charge in [0.25, 0.3) is 0 Å². The number of hydrogen-bond acceptors (Lipinski definition) is 5. The van der Waals surface area contributed by atoms with Crippen LogP contribution >= 0.6 is 11.6 Å². The summed E-state index contributed by atoms with van der Waals surface area (Å²) in [6.45, 7) is 4.21. The van der Waals surface area contributed by atoms with Gasteiger partial charge in [-0.3, -0.25) is 4.90 Å². The summed E-state index contributed by atoms with van der Waals surface area (Å²) in [4.78, 5) is 15.7. The molecule has 2 fully saturated rings. The molecule has 154 valence electrons. The predicted octanol–water partition coefficient (Wildman–Crippen LogP) is 5.12. The van der Waals surface area contributed by atoms with Crippen LogP contribution in [-0.4, -0.2) is 34.5 Å². The van der Waals surface area contributed by atoms with E-state index in [1.165, 1.54) is 0 Å². The smallest absolute Gasteiger partial charge is 0.335 e. The number of benzene rings is 2. The largest absolute Gasteiger partial charge is 0.478 e. The van der Waals surface area contributed by atoms with Gasteiger partial charge in [-0.15, -0.1) is 0 Å². The summed E-state index contributed by atoms with van der Waals surface area (Å²) in [6, 6.07) is 12.9. The van der Waals surface area contributed by atoms with Crippen LogP contribution in [0.3, 0.4) is 0 Å². The number of aromatic carboxylic acids is 1. The van der Waals surface area contributed by atoms with Crippen molar-refractivity contribution in [2.45, 2.75) is 32.2 Å². The van der Waals surface area contributed by atoms with Crippen molar-refractivity contribution in [3.8, 4) is 11.3 Å². The van der Waals surface area contributed by atoms with E-state index in [2.05, 4.69) is 15.0 Å². The Bertz CT molecular complexity index is 1100. The molecule has 0 spiro atoms. The highest BCUT2D eigenvalue weighted by Gasteiger charge is 2.35. The fourth-order valence-corrected chi connectivity index (χ4v) is 4.34. The Labute approximate surface area is 179 Å². The first-order valence-corrected chi connectivity index (χ1v) is 10.4. The van der Waals surface area contributed by atoms with Crippen molar-refractivity contribution in [1.29, 1.82) is 0 Å². The third-order valence-electron chi connectivity index (χ3n) is 5.81. The van der Waals surface area contributed by atoms with Crippen molar-refractivity contribution in [3.05, 3.63) is 69.9 Å². The molecular formula is C23H22ClN3O3. The Hall–Kier alpha value is -2.83. The number of carboxylic acid groups (broad SMARTS) is 1. The van der Waals surface area contributed by atoms with Gasteiger partial charge in [0.2, 0.25) is 0 Å². The van der Waals surface area contributed by atoms with Crippen LogP contribution in [0.1, 0.15) is 46.0 Å². The standard InChI is InChI=1S/C23H22ClN3O3/c1-14-4-2-7-19(24)20(14)21-18(22(30-25-21)15-8-9-15)11-26-12-27(13-26)17-6-3-5-16(10-17)23(28)29/h2-7,10,15H,8-9,11-13H2,1H3,(H,28,29). The summed E-state index contributed by atoms with van der Waals surface area (Å²) in [5.41, 5.74) is 5.20. The van der Waals surface area contributed by atoms with E-state index in [1.54, 1.807) is 18.2 Å². The minimum Gasteiger partial charge on any atom is -0.478 e. The van der Waals surface area contributed by atoms with Crippen LogP contribution in [0.4, 0.5) is 5.69 Å². The molecule has 0 unspecified atom stereocenters. The highest BCUT2D eigenvalue weighted by Crippen LogP contribution is 2.45. The molecule has 0 atom stereocenters. The Balaban J connectivity index is 1.38. The molecule has 1 aliphatic carbocycles. The Morgan fingerprint density at radius 1 is 1.23 bits per heavy atom. The zero-order chi connectivity index (χ0) is 20.8. The van der Waals surface area contributed by atoms with E-state index in [-0.39, 0.29) is 0 Å². The van der Waals surface area contributed by atoms with Gasteiger partial charge in [-0.2, -0.15) is 0 Å². The molecule has 2 aromatic carbocycles. The van der Waals surface area contributed by atoms with Crippen LogP contribution in [0.5, 0.6) is 0 Å². The molecule has 1 aromatic heterocycles. The number of carboxylic acids is 1. The second-order valence-electron chi connectivity index (χ2n) is 8.09. The molecule has 1 N–H and O–H groups in total. The van der Waals surface area contributed by atoms with Crippen molar-refractivity contribution in [1.82, 2.24) is 10.1 Å². The number of rotatable bonds is 6. The zero-order valence-corrected chi connectivity index (χ0v) is 17.4. The quantitative estimate of drug-likeness (QED) is 0.593. The lowest BCUT2D eigenvalue weighted by molar-refractivity contribution is 0.0697. The number of aromatic nitrogens is 1. The number of anilines is 1. The molecule has 2 heterocycles. The second-order valence-corrected chi connectivity index (χ2v) is 8.49. The summed E-state index contributed by atoms with van der Waals surface area (Å²) in [7, 11) is 0. The molecule has 1 aliphatic heterocycles. The number of halogens is 1. The molecule has 0 amide bonds. The molecule has 3 aromatic rings. The van der Waals surface area contributed by atoms with Crippen LogP contribution < -0.4 is 4.90 Å². The number of aryl methyl sites for hydroxylation is 1. The minimum absolute atomic E-state index is 0.303. The lowest BCUT2D eigenvalue weighted by Crippen LogP contribution is -2.54. The zero-order valence-electron chi connectivity index (χ0n) is 16.6. The monoisotopic (exact) mass is 423 g/mol. The third-order valence-corrected chi connectivity index (χ3v) is 6.12. The molecule has 2 aliphatic rings. The molecule has 6 nitrogen and oxygen atoms in total. The van der Waals surface area contributed by atoms with Crippen molar-refractivity contribution >= 4 is 23.3 Å². The highest BCUT2D eigenvalue weighted by atomic mass is 35.5. The Kier molecular flexibility index (Phi) is 4.76. The second kappa shape index (κ2) is 7.45. The first-order valence-electron chi connectivity index (χ1n) is 10.1. The SMILES string of the molecule is Cc1cccc(Cl)c1-c1noc(C2CC2)c1CN1CN(c2cccc(C(=O)O)c2)C1. The van der Waals surface area contributed by atoms with E-state index in [1.807, 2.05) is 31.2 Å². The van der Waals surface area contributed by atoms with Crippen LogP contribution in [0, 0.1) is 6.92 Å². The molecule has 0 radical (unpaired) electrons. The van der Waals surface area contributed by atoms with Gasteiger partial charge >= 0.3 is 5.97 Å². The van der Waals surface area contributed by atoms with Crippen molar-refractivity contribution in [2.24, 2.45) is 0 Å². The first-order chi connectivity index (χ1) is 14.5. The van der Waals surface area contributed by atoms with Gasteiger partial charge in [0.05, 0.1) is 23.9 Å². The molecular weight excluding hydrogens is 402 g/mol. The summed E-state index contributed by atoms with van der Waals surface area (Å²) in [5, 5.41) is 14.3. The van der Waals surface area contributed by atoms with E-state index in [9.17, 15) is 9.90 Å². The summed E-state index contributed by atoms with van der Waals surface area (Å²) in [5.74, 6) is 0.525. The maximum Gasteiger partial charge on any atom is 0.335 e. The molecule has 5 rings (SSSR count). The maximum atomic E-state index is 11.2. The van der Waals surface area contributed by atoms with E-state index >= 15 is 0 Å². The van der Waals surface area contributed by atoms with E-state index in [0.717, 1.165) is 66.6 Å². The maximum absolute atomic E-state index is 11.2. The normalized spacial score (nSPS) is 16.5. The molecule has 30 heavy (non-hydrogen) atoms. The van der Waals surface area contributed by atoms with Crippen LogP contribution in [0.2, 0.25) is 5.02 Å². The van der Waals surface area contributed by atoms with E-state index < -0.39 is 5.97 Å². The summed E-state index contributed by atoms with van der Waals surface area (Å²) in [6.07, 6.45) is 2.27. The number of hydrogen-bond donors (Lipinski definition) is 1.